The standard InChI is InChI=1S/C14H15NOS/c1-2-14-13(8-9-17-14)15(11-16)10-12-6-4-3-5-7-12/h3-9,11H,2,10H2,1H3. The van der Waals surface area contributed by atoms with Crippen molar-refractivity contribution in [2.45, 2.75) is 19.9 Å². The predicted molar refractivity (Wildman–Crippen MR) is 72.4 cm³/mol. The maximum atomic E-state index is 11.2. The summed E-state index contributed by atoms with van der Waals surface area (Å²) in [5.74, 6) is 0. The van der Waals surface area contributed by atoms with Gasteiger partial charge in [0.2, 0.25) is 6.41 Å². The van der Waals surface area contributed by atoms with Gasteiger partial charge < -0.3 is 4.90 Å². The fourth-order valence-electron chi connectivity index (χ4n) is 1.81. The zero-order valence-corrected chi connectivity index (χ0v) is 10.6. The molecule has 0 N–H and O–H groups in total. The van der Waals surface area contributed by atoms with E-state index in [1.54, 1.807) is 16.2 Å². The van der Waals surface area contributed by atoms with E-state index in [9.17, 15) is 4.79 Å². The first kappa shape index (κ1) is 11.9. The molecule has 88 valence electrons. The van der Waals surface area contributed by atoms with E-state index in [1.807, 2.05) is 41.8 Å². The number of hydrogen-bond acceptors (Lipinski definition) is 2. The van der Waals surface area contributed by atoms with Crippen molar-refractivity contribution in [3.63, 3.8) is 0 Å². The van der Waals surface area contributed by atoms with Crippen LogP contribution in [0, 0.1) is 0 Å². The van der Waals surface area contributed by atoms with Gasteiger partial charge in [0.15, 0.2) is 0 Å². The van der Waals surface area contributed by atoms with Crippen molar-refractivity contribution in [3.8, 4) is 0 Å². The van der Waals surface area contributed by atoms with E-state index in [0.717, 1.165) is 24.1 Å². The molecule has 2 rings (SSSR count). The summed E-state index contributed by atoms with van der Waals surface area (Å²) in [6, 6.07) is 12.1. The number of benzene rings is 1. The minimum Gasteiger partial charge on any atom is -0.309 e. The van der Waals surface area contributed by atoms with Crippen LogP contribution < -0.4 is 4.90 Å². The third-order valence-corrected chi connectivity index (χ3v) is 3.73. The molecule has 0 bridgehead atoms. The molecule has 2 nitrogen and oxygen atoms in total. The van der Waals surface area contributed by atoms with Crippen molar-refractivity contribution in [1.29, 1.82) is 0 Å². The number of rotatable bonds is 5. The van der Waals surface area contributed by atoms with Crippen LogP contribution in [0.15, 0.2) is 41.8 Å². The highest BCUT2D eigenvalue weighted by molar-refractivity contribution is 7.10. The normalized spacial score (nSPS) is 10.2. The largest absolute Gasteiger partial charge is 0.309 e. The van der Waals surface area contributed by atoms with Gasteiger partial charge in [0.1, 0.15) is 0 Å². The average Bonchev–Trinajstić information content (AvgIpc) is 2.85. The molecule has 1 aromatic heterocycles. The van der Waals surface area contributed by atoms with E-state index < -0.39 is 0 Å². The monoisotopic (exact) mass is 245 g/mol. The first-order chi connectivity index (χ1) is 8.35. The van der Waals surface area contributed by atoms with Crippen molar-refractivity contribution in [2.24, 2.45) is 0 Å². The van der Waals surface area contributed by atoms with E-state index in [1.165, 1.54) is 4.88 Å². The first-order valence-corrected chi connectivity index (χ1v) is 6.55. The van der Waals surface area contributed by atoms with Gasteiger partial charge in [-0.05, 0) is 23.4 Å². The van der Waals surface area contributed by atoms with Crippen molar-refractivity contribution in [3.05, 3.63) is 52.2 Å². The van der Waals surface area contributed by atoms with Gasteiger partial charge >= 0.3 is 0 Å². The zero-order valence-electron chi connectivity index (χ0n) is 9.80. The van der Waals surface area contributed by atoms with Gasteiger partial charge in [-0.15, -0.1) is 11.3 Å². The number of hydrogen-bond donors (Lipinski definition) is 0. The Morgan fingerprint density at radius 2 is 2.00 bits per heavy atom. The Kier molecular flexibility index (Phi) is 3.94. The number of nitrogens with zero attached hydrogens (tertiary/aromatic N) is 1. The van der Waals surface area contributed by atoms with E-state index in [4.69, 9.17) is 0 Å². The van der Waals surface area contributed by atoms with Crippen molar-refractivity contribution >= 4 is 23.4 Å². The summed E-state index contributed by atoms with van der Waals surface area (Å²) in [5, 5.41) is 2.04. The van der Waals surface area contributed by atoms with Crippen LogP contribution in [-0.2, 0) is 17.8 Å². The molecule has 1 aromatic carbocycles. The molecular weight excluding hydrogens is 230 g/mol. The van der Waals surface area contributed by atoms with Crippen LogP contribution >= 0.6 is 11.3 Å². The molecule has 0 atom stereocenters. The Balaban J connectivity index is 2.20. The minimum atomic E-state index is 0.633. The molecule has 1 heterocycles. The van der Waals surface area contributed by atoms with Crippen molar-refractivity contribution < 1.29 is 4.79 Å². The molecule has 0 aliphatic rings. The Bertz CT molecular complexity index is 478. The number of anilines is 1. The smallest absolute Gasteiger partial charge is 0.214 e. The van der Waals surface area contributed by atoms with Crippen LogP contribution in [0.5, 0.6) is 0 Å². The lowest BCUT2D eigenvalue weighted by Crippen LogP contribution is -2.20. The maximum Gasteiger partial charge on any atom is 0.214 e. The third-order valence-electron chi connectivity index (χ3n) is 2.68. The second-order valence-corrected chi connectivity index (χ2v) is 4.80. The van der Waals surface area contributed by atoms with Crippen LogP contribution in [-0.4, -0.2) is 6.41 Å². The highest BCUT2D eigenvalue weighted by atomic mass is 32.1. The average molecular weight is 245 g/mol. The van der Waals surface area contributed by atoms with Gasteiger partial charge in [-0.25, -0.2) is 0 Å². The van der Waals surface area contributed by atoms with Gasteiger partial charge in [-0.1, -0.05) is 37.3 Å². The second kappa shape index (κ2) is 5.64. The SMILES string of the molecule is CCc1sccc1N(C=O)Cc1ccccc1. The Morgan fingerprint density at radius 1 is 1.24 bits per heavy atom. The van der Waals surface area contributed by atoms with Gasteiger partial charge in [-0.3, -0.25) is 4.79 Å². The third kappa shape index (κ3) is 2.74. The van der Waals surface area contributed by atoms with Crippen molar-refractivity contribution in [2.75, 3.05) is 4.90 Å². The summed E-state index contributed by atoms with van der Waals surface area (Å²) in [7, 11) is 0. The molecule has 0 fully saturated rings. The second-order valence-electron chi connectivity index (χ2n) is 3.80. The summed E-state index contributed by atoms with van der Waals surface area (Å²) in [4.78, 5) is 14.2. The molecule has 0 saturated carbocycles. The molecule has 0 aliphatic carbocycles. The van der Waals surface area contributed by atoms with Gasteiger partial charge in [0.25, 0.3) is 0 Å². The quantitative estimate of drug-likeness (QED) is 0.739. The van der Waals surface area contributed by atoms with Gasteiger partial charge in [0, 0.05) is 4.88 Å². The number of aryl methyl sites for hydroxylation is 1. The highest BCUT2D eigenvalue weighted by Gasteiger charge is 2.11. The summed E-state index contributed by atoms with van der Waals surface area (Å²) in [6.07, 6.45) is 1.88. The zero-order chi connectivity index (χ0) is 12.1. The molecule has 0 aliphatic heterocycles. The van der Waals surface area contributed by atoms with Gasteiger partial charge in [-0.2, -0.15) is 0 Å². The number of thiophene rings is 1. The number of carbonyl (C=O) groups is 1. The molecule has 17 heavy (non-hydrogen) atoms. The molecule has 0 spiro atoms. The molecule has 0 saturated heterocycles. The minimum absolute atomic E-state index is 0.633. The summed E-state index contributed by atoms with van der Waals surface area (Å²) >= 11 is 1.70. The van der Waals surface area contributed by atoms with Crippen LogP contribution in [0.1, 0.15) is 17.4 Å². The Labute approximate surface area is 106 Å². The summed E-state index contributed by atoms with van der Waals surface area (Å²) in [6.45, 7) is 2.74. The lowest BCUT2D eigenvalue weighted by molar-refractivity contribution is -0.107. The molecule has 3 heteroatoms. The summed E-state index contributed by atoms with van der Waals surface area (Å²) < 4.78 is 0. The van der Waals surface area contributed by atoms with E-state index >= 15 is 0 Å². The fraction of sp³-hybridized carbons (Fsp3) is 0.214. The predicted octanol–water partition coefficient (Wildman–Crippen LogP) is 3.47. The molecule has 2 aromatic rings. The lowest BCUT2D eigenvalue weighted by atomic mass is 10.2. The van der Waals surface area contributed by atoms with E-state index in [-0.39, 0.29) is 0 Å². The van der Waals surface area contributed by atoms with Crippen LogP contribution in [0.4, 0.5) is 5.69 Å². The van der Waals surface area contributed by atoms with E-state index in [2.05, 4.69) is 6.92 Å². The van der Waals surface area contributed by atoms with Crippen molar-refractivity contribution in [1.82, 2.24) is 0 Å². The highest BCUT2D eigenvalue weighted by Crippen LogP contribution is 2.27. The van der Waals surface area contributed by atoms with Crippen LogP contribution in [0.3, 0.4) is 0 Å². The number of amides is 1. The number of carbonyl (C=O) groups excluding carboxylic acids is 1. The Hall–Kier alpha value is -1.61. The topological polar surface area (TPSA) is 20.3 Å². The van der Waals surface area contributed by atoms with E-state index in [0.29, 0.717) is 6.54 Å². The lowest BCUT2D eigenvalue weighted by Gasteiger charge is -2.17. The van der Waals surface area contributed by atoms with Crippen LogP contribution in [0.2, 0.25) is 0 Å². The fourth-order valence-corrected chi connectivity index (χ4v) is 2.65. The van der Waals surface area contributed by atoms with Crippen LogP contribution in [0.25, 0.3) is 0 Å². The Morgan fingerprint density at radius 3 is 2.65 bits per heavy atom. The molecular formula is C14H15NOS. The summed E-state index contributed by atoms with van der Waals surface area (Å²) in [5.41, 5.74) is 2.18. The van der Waals surface area contributed by atoms with Gasteiger partial charge in [0.05, 0.1) is 12.2 Å². The molecule has 1 amide bonds. The maximum absolute atomic E-state index is 11.2. The molecule has 0 radical (unpaired) electrons. The first-order valence-electron chi connectivity index (χ1n) is 5.67. The molecule has 0 unspecified atom stereocenters.